The van der Waals surface area contributed by atoms with Crippen molar-refractivity contribution in [2.75, 3.05) is 7.05 Å². The highest BCUT2D eigenvalue weighted by atomic mass is 19.4. The van der Waals surface area contributed by atoms with E-state index >= 15 is 0 Å². The highest BCUT2D eigenvalue weighted by Crippen LogP contribution is 2.29. The Morgan fingerprint density at radius 1 is 1.08 bits per heavy atom. The van der Waals surface area contributed by atoms with E-state index in [1.165, 1.54) is 25.3 Å². The molecule has 0 atom stereocenters. The molecular formula is C19H17F3N2O2. The van der Waals surface area contributed by atoms with E-state index in [9.17, 15) is 22.8 Å². The summed E-state index contributed by atoms with van der Waals surface area (Å²) in [5.74, 6) is -0.685. The number of hydrogen-bond donors (Lipinski definition) is 2. The minimum atomic E-state index is -4.43. The van der Waals surface area contributed by atoms with Crippen molar-refractivity contribution in [3.8, 4) is 0 Å². The number of amides is 2. The van der Waals surface area contributed by atoms with Crippen LogP contribution in [0.15, 0.2) is 54.6 Å². The SMILES string of the molecule is CNC(=O)c1cccc(CNC(=O)C=Cc2cccc(C(F)(F)F)c2)c1. The van der Waals surface area contributed by atoms with E-state index < -0.39 is 17.6 Å². The summed E-state index contributed by atoms with van der Waals surface area (Å²) in [7, 11) is 1.52. The quantitative estimate of drug-likeness (QED) is 0.801. The zero-order valence-electron chi connectivity index (χ0n) is 13.9. The summed E-state index contributed by atoms with van der Waals surface area (Å²) in [4.78, 5) is 23.4. The molecule has 2 aromatic rings. The number of nitrogens with one attached hydrogen (secondary N) is 2. The maximum absolute atomic E-state index is 12.7. The molecule has 0 bridgehead atoms. The van der Waals surface area contributed by atoms with E-state index in [-0.39, 0.29) is 18.0 Å². The Balaban J connectivity index is 1.97. The van der Waals surface area contributed by atoms with Gasteiger partial charge < -0.3 is 10.6 Å². The fourth-order valence-electron chi connectivity index (χ4n) is 2.21. The smallest absolute Gasteiger partial charge is 0.355 e. The normalized spacial score (nSPS) is 11.4. The summed E-state index contributed by atoms with van der Waals surface area (Å²) in [6.07, 6.45) is -1.95. The van der Waals surface area contributed by atoms with Crippen LogP contribution in [0, 0.1) is 0 Å². The number of halogens is 3. The Morgan fingerprint density at radius 2 is 1.81 bits per heavy atom. The molecule has 2 N–H and O–H groups in total. The van der Waals surface area contributed by atoms with Crippen molar-refractivity contribution in [2.45, 2.75) is 12.7 Å². The third kappa shape index (κ3) is 5.47. The molecule has 0 heterocycles. The zero-order valence-corrected chi connectivity index (χ0v) is 13.9. The van der Waals surface area contributed by atoms with Gasteiger partial charge in [-0.15, -0.1) is 0 Å². The van der Waals surface area contributed by atoms with Gasteiger partial charge in [0, 0.05) is 25.2 Å². The van der Waals surface area contributed by atoms with Gasteiger partial charge in [0.05, 0.1) is 5.56 Å². The Labute approximate surface area is 148 Å². The molecule has 0 unspecified atom stereocenters. The lowest BCUT2D eigenvalue weighted by Crippen LogP contribution is -2.21. The van der Waals surface area contributed by atoms with Gasteiger partial charge in [-0.25, -0.2) is 0 Å². The van der Waals surface area contributed by atoms with Gasteiger partial charge in [-0.05, 0) is 41.5 Å². The van der Waals surface area contributed by atoms with Gasteiger partial charge in [-0.2, -0.15) is 13.2 Å². The molecule has 0 spiro atoms. The van der Waals surface area contributed by atoms with E-state index in [2.05, 4.69) is 10.6 Å². The molecule has 0 aliphatic carbocycles. The van der Waals surface area contributed by atoms with Crippen LogP contribution in [0.4, 0.5) is 13.2 Å². The number of hydrogen-bond acceptors (Lipinski definition) is 2. The zero-order chi connectivity index (χ0) is 19.2. The first-order chi connectivity index (χ1) is 12.3. The maximum atomic E-state index is 12.7. The molecule has 2 rings (SSSR count). The van der Waals surface area contributed by atoms with Gasteiger partial charge >= 0.3 is 6.18 Å². The van der Waals surface area contributed by atoms with Crippen LogP contribution < -0.4 is 10.6 Å². The standard InChI is InChI=1S/C19H17F3N2O2/c1-23-18(26)15-6-2-5-14(10-15)12-24-17(25)9-8-13-4-3-7-16(11-13)19(20,21)22/h2-11H,12H2,1H3,(H,23,26)(H,24,25). The highest BCUT2D eigenvalue weighted by Gasteiger charge is 2.30. The molecular weight excluding hydrogens is 345 g/mol. The fourth-order valence-corrected chi connectivity index (χ4v) is 2.21. The first kappa shape index (κ1) is 19.2. The van der Waals surface area contributed by atoms with Crippen LogP contribution in [0.25, 0.3) is 6.08 Å². The number of alkyl halides is 3. The average molecular weight is 362 g/mol. The second-order valence-electron chi connectivity index (χ2n) is 5.45. The summed E-state index contributed by atoms with van der Waals surface area (Å²) >= 11 is 0. The topological polar surface area (TPSA) is 58.2 Å². The van der Waals surface area contributed by atoms with Crippen LogP contribution in [-0.2, 0) is 17.5 Å². The van der Waals surface area contributed by atoms with Gasteiger partial charge in [-0.3, -0.25) is 9.59 Å². The molecule has 0 aliphatic heterocycles. The first-order valence-electron chi connectivity index (χ1n) is 7.74. The summed E-state index contributed by atoms with van der Waals surface area (Å²) in [5, 5.41) is 5.13. The highest BCUT2D eigenvalue weighted by molar-refractivity contribution is 5.94. The van der Waals surface area contributed by atoms with Gasteiger partial charge in [0.25, 0.3) is 5.91 Å². The van der Waals surface area contributed by atoms with Gasteiger partial charge in [0.15, 0.2) is 0 Å². The third-order valence-corrected chi connectivity index (χ3v) is 3.52. The molecule has 0 aromatic heterocycles. The van der Waals surface area contributed by atoms with Gasteiger partial charge in [-0.1, -0.05) is 24.3 Å². The second kappa shape index (κ2) is 8.33. The molecule has 0 saturated carbocycles. The van der Waals surface area contributed by atoms with Gasteiger partial charge in [0.2, 0.25) is 5.91 Å². The molecule has 136 valence electrons. The molecule has 2 aromatic carbocycles. The van der Waals surface area contributed by atoms with E-state index in [4.69, 9.17) is 0 Å². The number of carbonyl (C=O) groups is 2. The summed E-state index contributed by atoms with van der Waals surface area (Å²) in [6, 6.07) is 11.4. The van der Waals surface area contributed by atoms with E-state index in [0.29, 0.717) is 5.56 Å². The molecule has 0 fully saturated rings. The number of benzene rings is 2. The van der Waals surface area contributed by atoms with Crippen molar-refractivity contribution in [3.05, 3.63) is 76.9 Å². The lowest BCUT2D eigenvalue weighted by Gasteiger charge is -2.07. The predicted octanol–water partition coefficient (Wildman–Crippen LogP) is 3.39. The Kier molecular flexibility index (Phi) is 6.16. The first-order valence-corrected chi connectivity index (χ1v) is 7.74. The summed E-state index contributed by atoms with van der Waals surface area (Å²) in [5.41, 5.74) is 0.702. The van der Waals surface area contributed by atoms with Crippen molar-refractivity contribution in [2.24, 2.45) is 0 Å². The maximum Gasteiger partial charge on any atom is 0.416 e. The van der Waals surface area contributed by atoms with Crippen molar-refractivity contribution in [3.63, 3.8) is 0 Å². The Morgan fingerprint density at radius 3 is 2.50 bits per heavy atom. The van der Waals surface area contributed by atoms with Crippen LogP contribution in [-0.4, -0.2) is 18.9 Å². The average Bonchev–Trinajstić information content (AvgIpc) is 2.63. The fraction of sp³-hybridized carbons (Fsp3) is 0.158. The Bertz CT molecular complexity index is 830. The minimum Gasteiger partial charge on any atom is -0.355 e. The van der Waals surface area contributed by atoms with Crippen molar-refractivity contribution in [1.82, 2.24) is 10.6 Å². The summed E-state index contributed by atoms with van der Waals surface area (Å²) in [6.45, 7) is 0.191. The minimum absolute atomic E-state index is 0.191. The van der Waals surface area contributed by atoms with E-state index in [0.717, 1.165) is 23.8 Å². The number of carbonyl (C=O) groups excluding carboxylic acids is 2. The molecule has 0 aliphatic rings. The third-order valence-electron chi connectivity index (χ3n) is 3.52. The lowest BCUT2D eigenvalue weighted by molar-refractivity contribution is -0.137. The monoisotopic (exact) mass is 362 g/mol. The van der Waals surface area contributed by atoms with Crippen LogP contribution in [0.5, 0.6) is 0 Å². The van der Waals surface area contributed by atoms with Gasteiger partial charge in [0.1, 0.15) is 0 Å². The molecule has 2 amide bonds. The van der Waals surface area contributed by atoms with Crippen LogP contribution in [0.3, 0.4) is 0 Å². The molecule has 26 heavy (non-hydrogen) atoms. The van der Waals surface area contributed by atoms with E-state index in [1.807, 2.05) is 0 Å². The molecule has 0 radical (unpaired) electrons. The van der Waals surface area contributed by atoms with E-state index in [1.54, 1.807) is 24.3 Å². The van der Waals surface area contributed by atoms with Crippen molar-refractivity contribution < 1.29 is 22.8 Å². The Hall–Kier alpha value is -3.09. The van der Waals surface area contributed by atoms with Crippen LogP contribution >= 0.6 is 0 Å². The molecule has 7 heteroatoms. The van der Waals surface area contributed by atoms with Crippen molar-refractivity contribution in [1.29, 1.82) is 0 Å². The predicted molar refractivity (Wildman–Crippen MR) is 92.2 cm³/mol. The largest absolute Gasteiger partial charge is 0.416 e. The molecule has 0 saturated heterocycles. The number of rotatable bonds is 5. The lowest BCUT2D eigenvalue weighted by atomic mass is 10.1. The molecule has 4 nitrogen and oxygen atoms in total. The summed E-state index contributed by atoms with van der Waals surface area (Å²) < 4.78 is 38.0. The second-order valence-corrected chi connectivity index (χ2v) is 5.45. The van der Waals surface area contributed by atoms with Crippen LogP contribution in [0.1, 0.15) is 27.0 Å². The van der Waals surface area contributed by atoms with Crippen molar-refractivity contribution >= 4 is 17.9 Å². The van der Waals surface area contributed by atoms with Crippen LogP contribution in [0.2, 0.25) is 0 Å².